The highest BCUT2D eigenvalue weighted by Gasteiger charge is 2.09. The molecule has 4 nitrogen and oxygen atoms in total. The minimum Gasteiger partial charge on any atom is -0.468 e. The predicted molar refractivity (Wildman–Crippen MR) is 74.5 cm³/mol. The Kier molecular flexibility index (Phi) is 5.79. The van der Waals surface area contributed by atoms with Gasteiger partial charge in [-0.3, -0.25) is 9.59 Å². The molecule has 102 valence electrons. The molecule has 0 unspecified atom stereocenters. The van der Waals surface area contributed by atoms with Crippen LogP contribution in [0, 0.1) is 0 Å². The molecular weight excluding hydrogens is 242 g/mol. The Bertz CT molecular complexity index is 463. The van der Waals surface area contributed by atoms with E-state index in [2.05, 4.69) is 11.7 Å². The van der Waals surface area contributed by atoms with Gasteiger partial charge in [-0.15, -0.1) is 0 Å². The summed E-state index contributed by atoms with van der Waals surface area (Å²) in [5.74, 6) is -0.665. The fourth-order valence-electron chi connectivity index (χ4n) is 1.50. The van der Waals surface area contributed by atoms with Gasteiger partial charge in [0.1, 0.15) is 6.54 Å². The van der Waals surface area contributed by atoms with Gasteiger partial charge in [-0.05, 0) is 23.6 Å². The van der Waals surface area contributed by atoms with Crippen LogP contribution in [-0.2, 0) is 20.7 Å². The molecule has 1 amide bonds. The highest BCUT2D eigenvalue weighted by molar-refractivity contribution is 5.93. The third kappa shape index (κ3) is 4.95. The molecule has 4 heteroatoms. The molecule has 0 saturated carbocycles. The molecule has 19 heavy (non-hydrogen) atoms. The first-order valence-electron chi connectivity index (χ1n) is 6.15. The van der Waals surface area contributed by atoms with Crippen LogP contribution in [0.2, 0.25) is 0 Å². The number of hydrogen-bond donors (Lipinski definition) is 0. The number of hydrogen-bond acceptors (Lipinski definition) is 3. The van der Waals surface area contributed by atoms with Gasteiger partial charge in [0.15, 0.2) is 0 Å². The standard InChI is InChI=1S/C15H19NO3/c1-4-12-5-7-13(8-6-12)9-10-14(17)16(2)11-15(18)19-3/h5-10H,4,11H2,1-3H3/b10-9+. The summed E-state index contributed by atoms with van der Waals surface area (Å²) in [6, 6.07) is 7.98. The van der Waals surface area contributed by atoms with Crippen molar-refractivity contribution in [1.29, 1.82) is 0 Å². The van der Waals surface area contributed by atoms with Crippen molar-refractivity contribution in [3.05, 3.63) is 41.5 Å². The van der Waals surface area contributed by atoms with Crippen molar-refractivity contribution in [3.63, 3.8) is 0 Å². The molecule has 0 aliphatic heterocycles. The normalized spacial score (nSPS) is 10.5. The number of aryl methyl sites for hydroxylation is 1. The smallest absolute Gasteiger partial charge is 0.325 e. The van der Waals surface area contributed by atoms with Crippen LogP contribution in [0.3, 0.4) is 0 Å². The van der Waals surface area contributed by atoms with Crippen molar-refractivity contribution in [2.45, 2.75) is 13.3 Å². The Morgan fingerprint density at radius 2 is 1.89 bits per heavy atom. The highest BCUT2D eigenvalue weighted by atomic mass is 16.5. The number of nitrogens with zero attached hydrogens (tertiary/aromatic N) is 1. The second-order valence-corrected chi connectivity index (χ2v) is 4.20. The molecular formula is C15H19NO3. The summed E-state index contributed by atoms with van der Waals surface area (Å²) in [6.45, 7) is 2.05. The van der Waals surface area contributed by atoms with Gasteiger partial charge in [0.25, 0.3) is 0 Å². The lowest BCUT2D eigenvalue weighted by Gasteiger charge is -2.12. The van der Waals surface area contributed by atoms with E-state index in [1.807, 2.05) is 24.3 Å². The van der Waals surface area contributed by atoms with Crippen LogP contribution in [0.15, 0.2) is 30.3 Å². The number of methoxy groups -OCH3 is 1. The van der Waals surface area contributed by atoms with E-state index in [4.69, 9.17) is 0 Å². The number of likely N-dealkylation sites (N-methyl/N-ethyl adjacent to an activating group) is 1. The fraction of sp³-hybridized carbons (Fsp3) is 0.333. The lowest BCUT2D eigenvalue weighted by Crippen LogP contribution is -2.31. The van der Waals surface area contributed by atoms with E-state index in [1.54, 1.807) is 13.1 Å². The first-order chi connectivity index (χ1) is 9.06. The van der Waals surface area contributed by atoms with Crippen molar-refractivity contribution in [1.82, 2.24) is 4.90 Å². The van der Waals surface area contributed by atoms with E-state index in [0.29, 0.717) is 0 Å². The Morgan fingerprint density at radius 1 is 1.26 bits per heavy atom. The van der Waals surface area contributed by atoms with E-state index in [-0.39, 0.29) is 12.5 Å². The molecule has 1 aromatic rings. The van der Waals surface area contributed by atoms with Gasteiger partial charge in [-0.25, -0.2) is 0 Å². The number of esters is 1. The Morgan fingerprint density at radius 3 is 2.42 bits per heavy atom. The van der Waals surface area contributed by atoms with Crippen LogP contribution < -0.4 is 0 Å². The molecule has 0 fully saturated rings. The van der Waals surface area contributed by atoms with Gasteiger partial charge in [-0.2, -0.15) is 0 Å². The van der Waals surface area contributed by atoms with E-state index in [9.17, 15) is 9.59 Å². The second kappa shape index (κ2) is 7.36. The molecule has 1 rings (SSSR count). The zero-order valence-corrected chi connectivity index (χ0v) is 11.6. The molecule has 0 bridgehead atoms. The van der Waals surface area contributed by atoms with E-state index in [1.165, 1.54) is 23.6 Å². The first-order valence-corrected chi connectivity index (χ1v) is 6.15. The molecule has 0 aliphatic carbocycles. The van der Waals surface area contributed by atoms with Crippen LogP contribution in [0.1, 0.15) is 18.1 Å². The first kappa shape index (κ1) is 15.0. The van der Waals surface area contributed by atoms with Crippen LogP contribution in [-0.4, -0.2) is 37.5 Å². The summed E-state index contributed by atoms with van der Waals surface area (Å²) >= 11 is 0. The predicted octanol–water partition coefficient (Wildman–Crippen LogP) is 1.89. The molecule has 0 radical (unpaired) electrons. The monoisotopic (exact) mass is 261 g/mol. The van der Waals surface area contributed by atoms with Crippen LogP contribution in [0.25, 0.3) is 6.08 Å². The third-order valence-electron chi connectivity index (χ3n) is 2.78. The van der Waals surface area contributed by atoms with Crippen LogP contribution in [0.5, 0.6) is 0 Å². The number of amides is 1. The minimum absolute atomic E-state index is 0.0472. The molecule has 0 spiro atoms. The van der Waals surface area contributed by atoms with E-state index >= 15 is 0 Å². The average Bonchev–Trinajstić information content (AvgIpc) is 2.44. The highest BCUT2D eigenvalue weighted by Crippen LogP contribution is 2.07. The summed E-state index contributed by atoms with van der Waals surface area (Å²) in [5, 5.41) is 0. The largest absolute Gasteiger partial charge is 0.468 e. The number of ether oxygens (including phenoxy) is 1. The number of carbonyl (C=O) groups excluding carboxylic acids is 2. The number of rotatable bonds is 5. The van der Waals surface area contributed by atoms with Gasteiger partial charge in [0.05, 0.1) is 7.11 Å². The molecule has 0 N–H and O–H groups in total. The second-order valence-electron chi connectivity index (χ2n) is 4.20. The summed E-state index contributed by atoms with van der Waals surface area (Å²) in [6.07, 6.45) is 4.17. The lowest BCUT2D eigenvalue weighted by atomic mass is 10.1. The van der Waals surface area contributed by atoms with Crippen molar-refractivity contribution in [3.8, 4) is 0 Å². The van der Waals surface area contributed by atoms with Gasteiger partial charge < -0.3 is 9.64 Å². The number of carbonyl (C=O) groups is 2. The maximum absolute atomic E-state index is 11.7. The third-order valence-corrected chi connectivity index (χ3v) is 2.78. The minimum atomic E-state index is -0.434. The zero-order valence-electron chi connectivity index (χ0n) is 11.6. The summed E-state index contributed by atoms with van der Waals surface area (Å²) < 4.78 is 4.50. The quantitative estimate of drug-likeness (QED) is 0.600. The summed E-state index contributed by atoms with van der Waals surface area (Å²) in [4.78, 5) is 24.1. The van der Waals surface area contributed by atoms with Crippen molar-refractivity contribution in [2.75, 3.05) is 20.7 Å². The van der Waals surface area contributed by atoms with Crippen LogP contribution >= 0.6 is 0 Å². The molecule has 0 heterocycles. The average molecular weight is 261 g/mol. The number of benzene rings is 1. The fourth-order valence-corrected chi connectivity index (χ4v) is 1.50. The molecule has 0 atom stereocenters. The maximum Gasteiger partial charge on any atom is 0.325 e. The van der Waals surface area contributed by atoms with Crippen molar-refractivity contribution >= 4 is 18.0 Å². The molecule has 0 aliphatic rings. The molecule has 1 aromatic carbocycles. The maximum atomic E-state index is 11.7. The Hall–Kier alpha value is -2.10. The van der Waals surface area contributed by atoms with Crippen LogP contribution in [0.4, 0.5) is 0 Å². The molecule has 0 aromatic heterocycles. The Balaban J connectivity index is 2.59. The van der Waals surface area contributed by atoms with Gasteiger partial charge in [0.2, 0.25) is 5.91 Å². The topological polar surface area (TPSA) is 46.6 Å². The van der Waals surface area contributed by atoms with Gasteiger partial charge >= 0.3 is 5.97 Å². The Labute approximate surface area is 113 Å². The van der Waals surface area contributed by atoms with Gasteiger partial charge in [0, 0.05) is 13.1 Å². The SMILES string of the molecule is CCc1ccc(/C=C/C(=O)N(C)CC(=O)OC)cc1. The molecule has 0 saturated heterocycles. The zero-order chi connectivity index (χ0) is 14.3. The summed E-state index contributed by atoms with van der Waals surface area (Å²) in [7, 11) is 2.86. The lowest BCUT2D eigenvalue weighted by molar-refractivity contribution is -0.144. The van der Waals surface area contributed by atoms with Crippen molar-refractivity contribution in [2.24, 2.45) is 0 Å². The summed E-state index contributed by atoms with van der Waals surface area (Å²) in [5.41, 5.74) is 2.21. The van der Waals surface area contributed by atoms with E-state index < -0.39 is 5.97 Å². The van der Waals surface area contributed by atoms with E-state index in [0.717, 1.165) is 12.0 Å². The van der Waals surface area contributed by atoms with Gasteiger partial charge in [-0.1, -0.05) is 31.2 Å². The van der Waals surface area contributed by atoms with Crippen molar-refractivity contribution < 1.29 is 14.3 Å².